The van der Waals surface area contributed by atoms with Crippen molar-refractivity contribution in [1.29, 1.82) is 0 Å². The molecule has 1 saturated heterocycles. The molecule has 2 aliphatic rings. The molecule has 4 heterocycles. The smallest absolute Gasteiger partial charge is 0.416 e. The van der Waals surface area contributed by atoms with E-state index in [1.54, 1.807) is 74.3 Å². The molecule has 1 fully saturated rings. The van der Waals surface area contributed by atoms with Crippen LogP contribution in [-0.4, -0.2) is 56.8 Å². The Hall–Kier alpha value is -5.14. The summed E-state index contributed by atoms with van der Waals surface area (Å²) >= 11 is 0. The third-order valence-electron chi connectivity index (χ3n) is 7.37. The summed E-state index contributed by atoms with van der Waals surface area (Å²) in [4.78, 5) is 34.2. The van der Waals surface area contributed by atoms with Crippen LogP contribution in [0, 0.1) is 0 Å². The molecule has 45 heavy (non-hydrogen) atoms. The van der Waals surface area contributed by atoms with E-state index in [9.17, 15) is 22.8 Å². The molecule has 2 bridgehead atoms. The quantitative estimate of drug-likeness (QED) is 0.281. The van der Waals surface area contributed by atoms with Gasteiger partial charge in [-0.3, -0.25) is 4.90 Å². The topological polar surface area (TPSA) is 118 Å². The Morgan fingerprint density at radius 3 is 2.62 bits per heavy atom. The van der Waals surface area contributed by atoms with Crippen molar-refractivity contribution in [3.63, 3.8) is 0 Å². The number of benzene rings is 2. The van der Waals surface area contributed by atoms with Gasteiger partial charge in [-0.05, 0) is 69.7 Å². The summed E-state index contributed by atoms with van der Waals surface area (Å²) in [5.74, 6) is 0.394. The summed E-state index contributed by atoms with van der Waals surface area (Å²) in [7, 11) is 0. The van der Waals surface area contributed by atoms with Crippen molar-refractivity contribution in [2.75, 3.05) is 28.2 Å². The first-order chi connectivity index (χ1) is 21.3. The maximum absolute atomic E-state index is 13.8. The van der Waals surface area contributed by atoms with E-state index in [0.29, 0.717) is 40.7 Å². The molecule has 4 aromatic rings. The second-order valence-corrected chi connectivity index (χ2v) is 11.9. The molecule has 2 aromatic heterocycles. The zero-order valence-corrected chi connectivity index (χ0v) is 24.8. The second-order valence-electron chi connectivity index (χ2n) is 11.9. The lowest BCUT2D eigenvalue weighted by Crippen LogP contribution is -2.48. The zero-order valence-electron chi connectivity index (χ0n) is 24.8. The van der Waals surface area contributed by atoms with Gasteiger partial charge >= 0.3 is 18.3 Å². The fourth-order valence-electron chi connectivity index (χ4n) is 5.38. The minimum Gasteiger partial charge on any atom is -0.444 e. The van der Waals surface area contributed by atoms with Crippen LogP contribution in [0.1, 0.15) is 38.4 Å². The summed E-state index contributed by atoms with van der Waals surface area (Å²) in [6.45, 7) is 6.80. The molecule has 11 nitrogen and oxygen atoms in total. The molecule has 0 unspecified atom stereocenters. The van der Waals surface area contributed by atoms with Crippen molar-refractivity contribution in [1.82, 2.24) is 25.3 Å². The van der Waals surface area contributed by atoms with Crippen molar-refractivity contribution in [2.45, 2.75) is 51.6 Å². The molecule has 0 saturated carbocycles. The van der Waals surface area contributed by atoms with E-state index in [1.165, 1.54) is 10.7 Å². The number of halogens is 3. The van der Waals surface area contributed by atoms with E-state index < -0.39 is 29.5 Å². The van der Waals surface area contributed by atoms with Crippen LogP contribution >= 0.6 is 0 Å². The number of aromatic nitrogens is 4. The third-order valence-corrected chi connectivity index (χ3v) is 7.37. The highest BCUT2D eigenvalue weighted by molar-refractivity contribution is 6.05. The molecule has 2 aromatic carbocycles. The monoisotopic (exact) mass is 620 g/mol. The van der Waals surface area contributed by atoms with Crippen LogP contribution in [0.2, 0.25) is 0 Å². The van der Waals surface area contributed by atoms with Crippen molar-refractivity contribution < 1.29 is 27.5 Å². The standard InChI is InChI=1S/C31H31F3N8O3/c1-30(2,3)45-29(44)35-16-22-17-41(39-38-22)23-9-5-8-21(15-23)36-28(43)42-24-12-13-40(18-24)26-11-10-25(37-27(26)42)19-6-4-7-20(14-19)31(32,33)34/h4-11,14-15,17,24H,12-13,16,18H2,1-3H3,(H,35,44)(H,36,43)/t24-/m0/s1. The number of nitrogens with zero attached hydrogens (tertiary/aromatic N) is 6. The Kier molecular flexibility index (Phi) is 7.59. The molecule has 0 aliphatic carbocycles. The number of pyridine rings is 1. The van der Waals surface area contributed by atoms with Crippen LogP contribution < -0.4 is 20.4 Å². The SMILES string of the molecule is CC(C)(C)OC(=O)NCc1cn(-c2cccc(NC(=O)N3c4nc(-c5cccc(C(F)(F)F)c5)ccc4N4CC[C@H]3C4)c2)nn1. The number of hydrogen-bond donors (Lipinski definition) is 2. The summed E-state index contributed by atoms with van der Waals surface area (Å²) in [6.07, 6.45) is -2.67. The molecular formula is C31H31F3N8O3. The number of hydrogen-bond acceptors (Lipinski definition) is 7. The first-order valence-corrected chi connectivity index (χ1v) is 14.4. The van der Waals surface area contributed by atoms with E-state index in [-0.39, 0.29) is 12.6 Å². The van der Waals surface area contributed by atoms with E-state index in [0.717, 1.165) is 30.8 Å². The van der Waals surface area contributed by atoms with Crippen molar-refractivity contribution >= 4 is 29.3 Å². The number of alkyl halides is 3. The van der Waals surface area contributed by atoms with E-state index in [4.69, 9.17) is 9.72 Å². The number of alkyl carbamates (subject to hydrolysis) is 1. The maximum atomic E-state index is 13.8. The summed E-state index contributed by atoms with van der Waals surface area (Å²) in [5.41, 5.74) is 1.63. The van der Waals surface area contributed by atoms with Gasteiger partial charge in [-0.2, -0.15) is 13.2 Å². The van der Waals surface area contributed by atoms with Crippen LogP contribution in [0.15, 0.2) is 66.9 Å². The Balaban J connectivity index is 1.21. The summed E-state index contributed by atoms with van der Waals surface area (Å²) in [6, 6.07) is 14.9. The number of amides is 3. The minimum absolute atomic E-state index is 0.119. The second kappa shape index (κ2) is 11.4. The van der Waals surface area contributed by atoms with E-state index in [1.807, 2.05) is 0 Å². The Morgan fingerprint density at radius 1 is 1.04 bits per heavy atom. The van der Waals surface area contributed by atoms with Crippen LogP contribution in [0.3, 0.4) is 0 Å². The van der Waals surface area contributed by atoms with Crippen LogP contribution in [0.5, 0.6) is 0 Å². The van der Waals surface area contributed by atoms with Gasteiger partial charge in [0.05, 0.1) is 41.4 Å². The lowest BCUT2D eigenvalue weighted by molar-refractivity contribution is -0.137. The maximum Gasteiger partial charge on any atom is 0.416 e. The van der Waals surface area contributed by atoms with E-state index in [2.05, 4.69) is 25.8 Å². The molecule has 2 aliphatic heterocycles. The highest BCUT2D eigenvalue weighted by atomic mass is 19.4. The van der Waals surface area contributed by atoms with Crippen molar-refractivity contribution in [3.8, 4) is 16.9 Å². The van der Waals surface area contributed by atoms with Gasteiger partial charge in [0.15, 0.2) is 5.82 Å². The van der Waals surface area contributed by atoms with Gasteiger partial charge in [0, 0.05) is 24.3 Å². The van der Waals surface area contributed by atoms with Gasteiger partial charge in [-0.25, -0.2) is 19.3 Å². The number of anilines is 3. The van der Waals surface area contributed by atoms with Gasteiger partial charge < -0.3 is 20.3 Å². The molecular weight excluding hydrogens is 589 g/mol. The highest BCUT2D eigenvalue weighted by Crippen LogP contribution is 2.41. The minimum atomic E-state index is -4.49. The molecule has 234 valence electrons. The Labute approximate surface area is 257 Å². The number of nitrogens with one attached hydrogen (secondary N) is 2. The first-order valence-electron chi connectivity index (χ1n) is 14.4. The van der Waals surface area contributed by atoms with Gasteiger partial charge in [0.25, 0.3) is 0 Å². The summed E-state index contributed by atoms with van der Waals surface area (Å²) in [5, 5.41) is 13.8. The largest absolute Gasteiger partial charge is 0.444 e. The lowest BCUT2D eigenvalue weighted by Gasteiger charge is -2.36. The molecule has 6 rings (SSSR count). The Morgan fingerprint density at radius 2 is 1.84 bits per heavy atom. The molecule has 2 N–H and O–H groups in total. The van der Waals surface area contributed by atoms with Crippen molar-refractivity contribution in [2.24, 2.45) is 0 Å². The fraction of sp³-hybridized carbons (Fsp3) is 0.323. The lowest BCUT2D eigenvalue weighted by atomic mass is 10.1. The normalized spacial score (nSPS) is 15.9. The average molecular weight is 621 g/mol. The van der Waals surface area contributed by atoms with E-state index >= 15 is 0 Å². The number of fused-ring (bicyclic) bond motifs is 4. The summed E-state index contributed by atoms with van der Waals surface area (Å²) < 4.78 is 46.9. The van der Waals surface area contributed by atoms with Crippen LogP contribution in [0.4, 0.5) is 40.0 Å². The number of ether oxygens (including phenoxy) is 1. The van der Waals surface area contributed by atoms with Crippen LogP contribution in [-0.2, 0) is 17.5 Å². The first kappa shape index (κ1) is 29.9. The molecule has 1 atom stereocenters. The van der Waals surface area contributed by atoms with Gasteiger partial charge in [-0.1, -0.05) is 23.4 Å². The van der Waals surface area contributed by atoms with Crippen molar-refractivity contribution in [3.05, 3.63) is 78.1 Å². The Bertz CT molecular complexity index is 1750. The van der Waals surface area contributed by atoms with Gasteiger partial charge in [-0.15, -0.1) is 5.10 Å². The molecule has 3 amide bonds. The predicted molar refractivity (Wildman–Crippen MR) is 161 cm³/mol. The number of urea groups is 1. The molecule has 14 heteroatoms. The number of carbonyl (C=O) groups is 2. The average Bonchev–Trinajstić information content (AvgIpc) is 3.63. The highest BCUT2D eigenvalue weighted by Gasteiger charge is 2.40. The van der Waals surface area contributed by atoms with Gasteiger partial charge in [0.1, 0.15) is 11.3 Å². The number of carbonyl (C=O) groups excluding carboxylic acids is 2. The van der Waals surface area contributed by atoms with Gasteiger partial charge in [0.2, 0.25) is 0 Å². The van der Waals surface area contributed by atoms with Crippen LogP contribution in [0.25, 0.3) is 16.9 Å². The molecule has 0 spiro atoms. The third kappa shape index (κ3) is 6.54. The number of rotatable bonds is 5. The fourth-order valence-corrected chi connectivity index (χ4v) is 5.38. The molecule has 0 radical (unpaired) electrons. The predicted octanol–water partition coefficient (Wildman–Crippen LogP) is 6.00. The zero-order chi connectivity index (χ0) is 31.9.